The third kappa shape index (κ3) is 4.36. The van der Waals surface area contributed by atoms with Crippen LogP contribution in [-0.2, 0) is 4.79 Å². The van der Waals surface area contributed by atoms with E-state index in [0.29, 0.717) is 6.04 Å². The van der Waals surface area contributed by atoms with Crippen LogP contribution in [0.5, 0.6) is 0 Å². The number of carbonyl (C=O) groups excluding carboxylic acids is 1. The van der Waals surface area contributed by atoms with Gasteiger partial charge < -0.3 is 11.1 Å². The van der Waals surface area contributed by atoms with E-state index in [1.54, 1.807) is 0 Å². The summed E-state index contributed by atoms with van der Waals surface area (Å²) in [4.78, 5) is 12.5. The van der Waals surface area contributed by atoms with E-state index in [4.69, 9.17) is 5.73 Å². The molecule has 2 aliphatic rings. The summed E-state index contributed by atoms with van der Waals surface area (Å²) < 4.78 is 0. The Morgan fingerprint density at radius 3 is 2.30 bits per heavy atom. The zero-order valence-corrected chi connectivity index (χ0v) is 14.0. The summed E-state index contributed by atoms with van der Waals surface area (Å²) in [7, 11) is 0. The first kappa shape index (κ1) is 17.8. The highest BCUT2D eigenvalue weighted by atomic mass is 35.5. The minimum atomic E-state index is -0.311. The lowest BCUT2D eigenvalue weighted by atomic mass is 9.73. The molecule has 0 heterocycles. The minimum absolute atomic E-state index is 0. The van der Waals surface area contributed by atoms with Gasteiger partial charge in [-0.15, -0.1) is 12.4 Å². The van der Waals surface area contributed by atoms with Crippen LogP contribution in [0, 0.1) is 17.8 Å². The van der Waals surface area contributed by atoms with E-state index in [0.717, 1.165) is 50.4 Å². The minimum Gasteiger partial charge on any atom is -0.353 e. The number of hydrogen-bond donors (Lipinski definition) is 2. The summed E-state index contributed by atoms with van der Waals surface area (Å²) >= 11 is 0. The Balaban J connectivity index is 0.00000200. The maximum Gasteiger partial charge on any atom is 0.225 e. The third-order valence-electron chi connectivity index (χ3n) is 5.10. The van der Waals surface area contributed by atoms with E-state index in [2.05, 4.69) is 19.2 Å². The molecular weight excluding hydrogens is 272 g/mol. The fourth-order valence-corrected chi connectivity index (χ4v) is 4.16. The largest absolute Gasteiger partial charge is 0.353 e. The maximum absolute atomic E-state index is 12.5. The summed E-state index contributed by atoms with van der Waals surface area (Å²) in [5, 5.41) is 3.29. The van der Waals surface area contributed by atoms with Crippen molar-refractivity contribution in [2.75, 3.05) is 0 Å². The number of nitrogens with one attached hydrogen (secondary N) is 1. The molecule has 0 spiro atoms. The fraction of sp³-hybridized carbons (Fsp3) is 0.938. The van der Waals surface area contributed by atoms with E-state index >= 15 is 0 Å². The van der Waals surface area contributed by atoms with Crippen LogP contribution >= 0.6 is 12.4 Å². The Hall–Kier alpha value is -0.280. The molecule has 0 aliphatic heterocycles. The molecule has 4 heteroatoms. The van der Waals surface area contributed by atoms with E-state index in [1.807, 2.05) is 6.92 Å². The van der Waals surface area contributed by atoms with Crippen molar-refractivity contribution in [1.29, 1.82) is 0 Å². The van der Waals surface area contributed by atoms with Crippen LogP contribution in [0.15, 0.2) is 0 Å². The first-order valence-corrected chi connectivity index (χ1v) is 7.97. The fourth-order valence-electron chi connectivity index (χ4n) is 4.16. The van der Waals surface area contributed by atoms with Crippen LogP contribution in [0.4, 0.5) is 0 Å². The van der Waals surface area contributed by atoms with E-state index in [1.165, 1.54) is 6.42 Å². The normalized spacial score (nSPS) is 41.6. The summed E-state index contributed by atoms with van der Waals surface area (Å²) in [5.74, 6) is 1.67. The number of halogens is 1. The summed E-state index contributed by atoms with van der Waals surface area (Å²) in [6, 6.07) is 0.365. The molecule has 0 aromatic heterocycles. The number of rotatable bonds is 2. The van der Waals surface area contributed by atoms with Crippen LogP contribution < -0.4 is 11.1 Å². The third-order valence-corrected chi connectivity index (χ3v) is 5.10. The highest BCUT2D eigenvalue weighted by molar-refractivity contribution is 5.85. The summed E-state index contributed by atoms with van der Waals surface area (Å²) in [5.41, 5.74) is 6.01. The topological polar surface area (TPSA) is 55.1 Å². The molecule has 2 rings (SSSR count). The van der Waals surface area contributed by atoms with Gasteiger partial charge in [-0.2, -0.15) is 0 Å². The Kier molecular flexibility index (Phi) is 6.33. The summed E-state index contributed by atoms with van der Waals surface area (Å²) in [6.45, 7) is 6.63. The van der Waals surface area contributed by atoms with Gasteiger partial charge in [-0.1, -0.05) is 26.7 Å². The van der Waals surface area contributed by atoms with Crippen LogP contribution in [0.3, 0.4) is 0 Å². The molecule has 0 saturated heterocycles. The summed E-state index contributed by atoms with van der Waals surface area (Å²) in [6.07, 6.45) is 7.79. The van der Waals surface area contributed by atoms with Gasteiger partial charge in [0.25, 0.3) is 0 Å². The van der Waals surface area contributed by atoms with Crippen LogP contribution in [0.2, 0.25) is 0 Å². The molecule has 118 valence electrons. The van der Waals surface area contributed by atoms with Crippen LogP contribution in [-0.4, -0.2) is 17.5 Å². The molecule has 1 amide bonds. The molecule has 3 nitrogen and oxygen atoms in total. The molecule has 0 aromatic carbocycles. The van der Waals surface area contributed by atoms with Crippen LogP contribution in [0.25, 0.3) is 0 Å². The first-order chi connectivity index (χ1) is 8.88. The monoisotopic (exact) mass is 302 g/mol. The van der Waals surface area contributed by atoms with Crippen molar-refractivity contribution in [1.82, 2.24) is 5.32 Å². The predicted molar refractivity (Wildman–Crippen MR) is 85.9 cm³/mol. The standard InChI is InChI=1S/C16H30N2O.ClH/c1-11-8-12(2)10-13(9-11)18-15(19)14-6-4-5-7-16(14,3)17;/h11-14H,4-10,17H2,1-3H3,(H,18,19);1H. The van der Waals surface area contributed by atoms with Gasteiger partial charge in [-0.05, 0) is 50.9 Å². The van der Waals surface area contributed by atoms with Gasteiger partial charge >= 0.3 is 0 Å². The molecule has 0 aromatic rings. The average Bonchev–Trinajstić information content (AvgIpc) is 2.26. The molecule has 0 bridgehead atoms. The number of hydrogen-bond acceptors (Lipinski definition) is 2. The molecular formula is C16H31ClN2O. The van der Waals surface area contributed by atoms with Gasteiger partial charge in [-0.3, -0.25) is 4.79 Å². The zero-order valence-electron chi connectivity index (χ0n) is 13.2. The number of amides is 1. The molecule has 4 unspecified atom stereocenters. The van der Waals surface area contributed by atoms with Crippen molar-refractivity contribution in [3.63, 3.8) is 0 Å². The molecule has 2 saturated carbocycles. The predicted octanol–water partition coefficient (Wildman–Crippen LogP) is 3.26. The van der Waals surface area contributed by atoms with Gasteiger partial charge in [0.05, 0.1) is 5.92 Å². The molecule has 2 aliphatic carbocycles. The Morgan fingerprint density at radius 1 is 1.15 bits per heavy atom. The second-order valence-corrected chi connectivity index (χ2v) is 7.43. The van der Waals surface area contributed by atoms with E-state index < -0.39 is 0 Å². The quantitative estimate of drug-likeness (QED) is 0.822. The highest BCUT2D eigenvalue weighted by Gasteiger charge is 2.38. The van der Waals surface area contributed by atoms with Crippen molar-refractivity contribution >= 4 is 18.3 Å². The Bertz CT molecular complexity index is 322. The SMILES string of the molecule is CC1CC(C)CC(NC(=O)C2CCCCC2(C)N)C1.Cl. The van der Waals surface area contributed by atoms with Gasteiger partial charge in [0.1, 0.15) is 0 Å². The number of carbonyl (C=O) groups is 1. The van der Waals surface area contributed by atoms with Crippen molar-refractivity contribution in [3.8, 4) is 0 Å². The highest BCUT2D eigenvalue weighted by Crippen LogP contribution is 2.33. The molecule has 3 N–H and O–H groups in total. The smallest absolute Gasteiger partial charge is 0.225 e. The number of nitrogens with two attached hydrogens (primary N) is 1. The van der Waals surface area contributed by atoms with Gasteiger partial charge in [-0.25, -0.2) is 0 Å². The Morgan fingerprint density at radius 2 is 1.75 bits per heavy atom. The lowest BCUT2D eigenvalue weighted by Crippen LogP contribution is -2.54. The van der Waals surface area contributed by atoms with Gasteiger partial charge in [0.15, 0.2) is 0 Å². The first-order valence-electron chi connectivity index (χ1n) is 7.97. The lowest BCUT2D eigenvalue weighted by molar-refractivity contribution is -0.129. The van der Waals surface area contributed by atoms with E-state index in [-0.39, 0.29) is 29.8 Å². The Labute approximate surface area is 129 Å². The second kappa shape index (κ2) is 7.13. The van der Waals surface area contributed by atoms with Gasteiger partial charge in [0.2, 0.25) is 5.91 Å². The lowest BCUT2D eigenvalue weighted by Gasteiger charge is -2.39. The van der Waals surface area contributed by atoms with E-state index in [9.17, 15) is 4.79 Å². The van der Waals surface area contributed by atoms with Crippen molar-refractivity contribution in [2.45, 2.75) is 77.3 Å². The molecule has 0 radical (unpaired) electrons. The van der Waals surface area contributed by atoms with Crippen molar-refractivity contribution < 1.29 is 4.79 Å². The van der Waals surface area contributed by atoms with Gasteiger partial charge in [0, 0.05) is 11.6 Å². The molecule has 2 fully saturated rings. The zero-order chi connectivity index (χ0) is 14.0. The maximum atomic E-state index is 12.5. The van der Waals surface area contributed by atoms with Crippen molar-refractivity contribution in [3.05, 3.63) is 0 Å². The van der Waals surface area contributed by atoms with Crippen LogP contribution in [0.1, 0.15) is 65.7 Å². The molecule has 4 atom stereocenters. The van der Waals surface area contributed by atoms with Crippen molar-refractivity contribution in [2.24, 2.45) is 23.5 Å². The molecule has 20 heavy (non-hydrogen) atoms. The average molecular weight is 303 g/mol. The second-order valence-electron chi connectivity index (χ2n) is 7.43.